The van der Waals surface area contributed by atoms with E-state index in [9.17, 15) is 0 Å². The Labute approximate surface area is 103 Å². The van der Waals surface area contributed by atoms with Crippen molar-refractivity contribution in [2.45, 2.75) is 31.5 Å². The monoisotopic (exact) mass is 256 g/mol. The summed E-state index contributed by atoms with van der Waals surface area (Å²) in [7, 11) is 0. The average molecular weight is 257 g/mol. The van der Waals surface area contributed by atoms with Crippen LogP contribution in [0.25, 0.3) is 11.0 Å². The number of nitrogens with zero attached hydrogens (tertiary/aromatic N) is 4. The van der Waals surface area contributed by atoms with Crippen molar-refractivity contribution in [2.24, 2.45) is 0 Å². The minimum absolute atomic E-state index is 0.116. The van der Waals surface area contributed by atoms with Gasteiger partial charge in [0.15, 0.2) is 10.8 Å². The van der Waals surface area contributed by atoms with E-state index in [1.54, 1.807) is 6.20 Å². The van der Waals surface area contributed by atoms with Crippen molar-refractivity contribution in [3.8, 4) is 0 Å². The van der Waals surface area contributed by atoms with E-state index in [2.05, 4.69) is 35.8 Å². The molecule has 0 radical (unpaired) electrons. The van der Waals surface area contributed by atoms with Crippen LogP contribution in [0.1, 0.15) is 20.8 Å². The predicted molar refractivity (Wildman–Crippen MR) is 67.1 cm³/mol. The van der Waals surface area contributed by atoms with Gasteiger partial charge in [0.1, 0.15) is 5.15 Å². The number of aromatic nitrogens is 4. The van der Waals surface area contributed by atoms with E-state index in [4.69, 9.17) is 11.6 Å². The average Bonchev–Trinajstić information content (AvgIpc) is 2.60. The van der Waals surface area contributed by atoms with Crippen LogP contribution in [-0.2, 0) is 5.54 Å². The molecule has 0 atom stereocenters. The van der Waals surface area contributed by atoms with Crippen molar-refractivity contribution in [2.75, 3.05) is 6.26 Å². The topological polar surface area (TPSA) is 43.6 Å². The standard InChI is InChI=1S/C10H13ClN4S/c1-10(2,3)15-8-6(5-12-15)7(11)13-9(14-8)16-4/h5H,1-4H3. The van der Waals surface area contributed by atoms with Gasteiger partial charge in [-0.2, -0.15) is 5.10 Å². The smallest absolute Gasteiger partial charge is 0.190 e. The summed E-state index contributed by atoms with van der Waals surface area (Å²) in [4.78, 5) is 8.63. The maximum atomic E-state index is 6.09. The largest absolute Gasteiger partial charge is 0.242 e. The van der Waals surface area contributed by atoms with Gasteiger partial charge < -0.3 is 0 Å². The van der Waals surface area contributed by atoms with Crippen LogP contribution >= 0.6 is 23.4 Å². The molecule has 0 amide bonds. The van der Waals surface area contributed by atoms with Crippen molar-refractivity contribution in [3.63, 3.8) is 0 Å². The molecule has 2 aromatic heterocycles. The van der Waals surface area contributed by atoms with Crippen LogP contribution in [0.15, 0.2) is 11.4 Å². The van der Waals surface area contributed by atoms with Crippen LogP contribution < -0.4 is 0 Å². The van der Waals surface area contributed by atoms with Crippen LogP contribution in [0, 0.1) is 0 Å². The first kappa shape index (κ1) is 11.7. The summed E-state index contributed by atoms with van der Waals surface area (Å²) in [6.07, 6.45) is 3.64. The van der Waals surface area contributed by atoms with E-state index < -0.39 is 0 Å². The summed E-state index contributed by atoms with van der Waals surface area (Å²) in [6.45, 7) is 6.23. The highest BCUT2D eigenvalue weighted by Gasteiger charge is 2.20. The van der Waals surface area contributed by atoms with Crippen molar-refractivity contribution in [1.82, 2.24) is 19.7 Å². The molecule has 0 aromatic carbocycles. The second-order valence-corrected chi connectivity index (χ2v) is 5.60. The molecule has 86 valence electrons. The molecule has 0 fully saturated rings. The fourth-order valence-electron chi connectivity index (χ4n) is 1.44. The Morgan fingerprint density at radius 2 is 2.00 bits per heavy atom. The first-order valence-electron chi connectivity index (χ1n) is 4.89. The van der Waals surface area contributed by atoms with Gasteiger partial charge in [-0.15, -0.1) is 0 Å². The SMILES string of the molecule is CSc1nc(Cl)c2cnn(C(C)(C)C)c2n1. The fraction of sp³-hybridized carbons (Fsp3) is 0.500. The molecule has 0 aliphatic heterocycles. The van der Waals surface area contributed by atoms with Gasteiger partial charge in [0.2, 0.25) is 0 Å². The summed E-state index contributed by atoms with van der Waals surface area (Å²) in [5.74, 6) is 0. The van der Waals surface area contributed by atoms with Crippen molar-refractivity contribution in [3.05, 3.63) is 11.3 Å². The normalized spacial score (nSPS) is 12.3. The molecular formula is C10H13ClN4S. The third-order valence-electron chi connectivity index (χ3n) is 2.18. The Balaban J connectivity index is 2.75. The number of hydrogen-bond donors (Lipinski definition) is 0. The molecule has 0 saturated carbocycles. The number of hydrogen-bond acceptors (Lipinski definition) is 4. The minimum atomic E-state index is -0.116. The van der Waals surface area contributed by atoms with E-state index in [-0.39, 0.29) is 5.54 Å². The summed E-state index contributed by atoms with van der Waals surface area (Å²) in [5.41, 5.74) is 0.673. The first-order chi connectivity index (χ1) is 7.43. The summed E-state index contributed by atoms with van der Waals surface area (Å²) >= 11 is 7.56. The van der Waals surface area contributed by atoms with Gasteiger partial charge in [0.25, 0.3) is 0 Å². The van der Waals surface area contributed by atoms with E-state index >= 15 is 0 Å². The molecule has 0 spiro atoms. The minimum Gasteiger partial charge on any atom is -0.242 e. The highest BCUT2D eigenvalue weighted by atomic mass is 35.5. The molecule has 0 aliphatic rings. The van der Waals surface area contributed by atoms with Crippen molar-refractivity contribution >= 4 is 34.4 Å². The molecule has 6 heteroatoms. The van der Waals surface area contributed by atoms with Gasteiger partial charge >= 0.3 is 0 Å². The van der Waals surface area contributed by atoms with E-state index in [0.717, 1.165) is 11.0 Å². The van der Waals surface area contributed by atoms with E-state index in [0.29, 0.717) is 10.3 Å². The number of rotatable bonds is 1. The maximum absolute atomic E-state index is 6.09. The molecule has 0 aliphatic carbocycles. The maximum Gasteiger partial charge on any atom is 0.190 e. The molecule has 16 heavy (non-hydrogen) atoms. The highest BCUT2D eigenvalue weighted by Crippen LogP contribution is 2.26. The summed E-state index contributed by atoms with van der Waals surface area (Å²) in [5, 5.41) is 6.26. The predicted octanol–water partition coefficient (Wildman–Crippen LogP) is 2.96. The van der Waals surface area contributed by atoms with E-state index in [1.807, 2.05) is 10.9 Å². The van der Waals surface area contributed by atoms with Gasteiger partial charge in [-0.3, -0.25) is 0 Å². The van der Waals surface area contributed by atoms with Crippen LogP contribution in [0.2, 0.25) is 5.15 Å². The summed E-state index contributed by atoms with van der Waals surface area (Å²) in [6, 6.07) is 0. The first-order valence-corrected chi connectivity index (χ1v) is 6.49. The van der Waals surface area contributed by atoms with Gasteiger partial charge in [-0.1, -0.05) is 23.4 Å². The van der Waals surface area contributed by atoms with Gasteiger partial charge in [0.05, 0.1) is 17.1 Å². The van der Waals surface area contributed by atoms with E-state index in [1.165, 1.54) is 11.8 Å². The fourth-order valence-corrected chi connectivity index (χ4v) is 2.06. The zero-order chi connectivity index (χ0) is 11.9. The molecule has 4 nitrogen and oxygen atoms in total. The number of fused-ring (bicyclic) bond motifs is 1. The molecular weight excluding hydrogens is 244 g/mol. The van der Waals surface area contributed by atoms with Crippen molar-refractivity contribution in [1.29, 1.82) is 0 Å². The second kappa shape index (κ2) is 3.89. The third-order valence-corrected chi connectivity index (χ3v) is 3.02. The Bertz CT molecular complexity index is 529. The zero-order valence-corrected chi connectivity index (χ0v) is 11.2. The van der Waals surface area contributed by atoms with Crippen LogP contribution in [0.3, 0.4) is 0 Å². The zero-order valence-electron chi connectivity index (χ0n) is 9.65. The molecule has 0 saturated heterocycles. The second-order valence-electron chi connectivity index (χ2n) is 4.47. The quantitative estimate of drug-likeness (QED) is 0.447. The molecule has 0 bridgehead atoms. The van der Waals surface area contributed by atoms with Gasteiger partial charge in [-0.05, 0) is 27.0 Å². The van der Waals surface area contributed by atoms with Crippen molar-refractivity contribution < 1.29 is 0 Å². The van der Waals surface area contributed by atoms with Crippen LogP contribution in [-0.4, -0.2) is 26.0 Å². The molecule has 0 N–H and O–H groups in total. The Morgan fingerprint density at radius 1 is 1.31 bits per heavy atom. The Morgan fingerprint density at radius 3 is 2.56 bits per heavy atom. The number of thioether (sulfide) groups is 1. The van der Waals surface area contributed by atoms with Crippen LogP contribution in [0.4, 0.5) is 0 Å². The Kier molecular flexibility index (Phi) is 2.84. The van der Waals surface area contributed by atoms with Gasteiger partial charge in [0, 0.05) is 0 Å². The number of halogens is 1. The summed E-state index contributed by atoms with van der Waals surface area (Å²) < 4.78 is 1.87. The highest BCUT2D eigenvalue weighted by molar-refractivity contribution is 7.98. The molecule has 2 aromatic rings. The lowest BCUT2D eigenvalue weighted by atomic mass is 10.1. The lowest BCUT2D eigenvalue weighted by Crippen LogP contribution is -2.23. The lowest BCUT2D eigenvalue weighted by Gasteiger charge is -2.19. The lowest BCUT2D eigenvalue weighted by molar-refractivity contribution is 0.365. The molecule has 2 rings (SSSR count). The molecule has 0 unspecified atom stereocenters. The molecule has 2 heterocycles. The Hall–Kier alpha value is -0.810. The van der Waals surface area contributed by atoms with Crippen LogP contribution in [0.5, 0.6) is 0 Å². The van der Waals surface area contributed by atoms with Gasteiger partial charge in [-0.25, -0.2) is 14.6 Å². The third kappa shape index (κ3) is 1.89.